The number of hydrogen-bond acceptors (Lipinski definition) is 3. The van der Waals surface area contributed by atoms with E-state index in [-0.39, 0.29) is 19.0 Å². The molecule has 0 unspecified atom stereocenters. The number of carbonyl (C=O) groups is 2. The van der Waals surface area contributed by atoms with E-state index in [9.17, 15) is 14.7 Å². The number of aliphatic hydroxyl groups is 1. The number of nitrogens with zero attached hydrogens (tertiary/aromatic N) is 2. The first-order valence-electron chi connectivity index (χ1n) is 6.28. The Hall–Kier alpha value is -1.56. The van der Waals surface area contributed by atoms with Crippen molar-refractivity contribution in [1.29, 1.82) is 0 Å². The number of likely N-dealkylation sites (tertiary alicyclic amines) is 1. The topological polar surface area (TPSA) is 81.1 Å². The smallest absolute Gasteiger partial charge is 0.326 e. The normalized spacial score (nSPS) is 23.3. The minimum atomic E-state index is -1.09. The van der Waals surface area contributed by atoms with Crippen LogP contribution in [0.5, 0.6) is 0 Å². The summed E-state index contributed by atoms with van der Waals surface area (Å²) in [4.78, 5) is 26.4. The maximum absolute atomic E-state index is 12.5. The van der Waals surface area contributed by atoms with Crippen LogP contribution in [-0.2, 0) is 4.79 Å². The molecule has 1 saturated heterocycles. The first kappa shape index (κ1) is 15.5. The number of rotatable bonds is 3. The number of carboxylic acids is 1. The lowest BCUT2D eigenvalue weighted by atomic mass is 10.1. The van der Waals surface area contributed by atoms with Gasteiger partial charge in [-0.2, -0.15) is 0 Å². The lowest BCUT2D eigenvalue weighted by Gasteiger charge is -2.38. The van der Waals surface area contributed by atoms with Crippen LogP contribution in [-0.4, -0.2) is 62.8 Å². The summed E-state index contributed by atoms with van der Waals surface area (Å²) in [7, 11) is 0. The Morgan fingerprint density at radius 1 is 1.47 bits per heavy atom. The second-order valence-electron chi connectivity index (χ2n) is 5.75. The maximum Gasteiger partial charge on any atom is 0.326 e. The lowest BCUT2D eigenvalue weighted by molar-refractivity contribution is -0.141. The van der Waals surface area contributed by atoms with E-state index < -0.39 is 23.7 Å². The van der Waals surface area contributed by atoms with Gasteiger partial charge in [-0.1, -0.05) is 6.08 Å². The highest BCUT2D eigenvalue weighted by molar-refractivity contribution is 5.84. The summed E-state index contributed by atoms with van der Waals surface area (Å²) >= 11 is 0. The van der Waals surface area contributed by atoms with Crippen molar-refractivity contribution >= 4 is 12.0 Å². The number of hydrogen-bond donors (Lipinski definition) is 2. The molecule has 0 bridgehead atoms. The second kappa shape index (κ2) is 5.61. The van der Waals surface area contributed by atoms with Gasteiger partial charge in [-0.25, -0.2) is 9.59 Å². The molecule has 0 spiro atoms. The zero-order chi connectivity index (χ0) is 14.8. The average molecular weight is 270 g/mol. The van der Waals surface area contributed by atoms with Gasteiger partial charge in [0.2, 0.25) is 0 Å². The molecule has 1 aliphatic heterocycles. The Balaban J connectivity index is 2.95. The predicted octanol–water partition coefficient (Wildman–Crippen LogP) is 0.913. The molecular formula is C13H22N2O4. The summed E-state index contributed by atoms with van der Waals surface area (Å²) < 4.78 is 0. The zero-order valence-electron chi connectivity index (χ0n) is 11.7. The Bertz CT molecular complexity index is 375. The molecule has 108 valence electrons. The largest absolute Gasteiger partial charge is 0.480 e. The van der Waals surface area contributed by atoms with E-state index in [2.05, 4.69) is 6.58 Å². The summed E-state index contributed by atoms with van der Waals surface area (Å²) in [6.07, 6.45) is 0.897. The fraction of sp³-hybridized carbons (Fsp3) is 0.692. The van der Waals surface area contributed by atoms with Crippen LogP contribution in [0.4, 0.5) is 4.79 Å². The minimum Gasteiger partial charge on any atom is -0.480 e. The third-order valence-corrected chi connectivity index (χ3v) is 3.16. The van der Waals surface area contributed by atoms with E-state index in [0.29, 0.717) is 6.54 Å². The van der Waals surface area contributed by atoms with Crippen molar-refractivity contribution < 1.29 is 19.8 Å². The molecule has 0 aliphatic carbocycles. The highest BCUT2D eigenvalue weighted by Gasteiger charge is 2.42. The number of β-amino-alcohol motifs (C(OH)–C–C–N with tert-alkyl or cyclic N) is 1. The molecule has 0 aromatic rings. The van der Waals surface area contributed by atoms with Gasteiger partial charge >= 0.3 is 12.0 Å². The first-order valence-corrected chi connectivity index (χ1v) is 6.28. The van der Waals surface area contributed by atoms with Crippen LogP contribution in [0.1, 0.15) is 27.2 Å². The van der Waals surface area contributed by atoms with Crippen LogP contribution in [0.2, 0.25) is 0 Å². The first-order chi connectivity index (χ1) is 8.68. The third kappa shape index (κ3) is 3.47. The highest BCUT2D eigenvalue weighted by Crippen LogP contribution is 2.23. The number of amides is 2. The molecule has 1 rings (SSSR count). The van der Waals surface area contributed by atoms with Crippen LogP contribution in [0.3, 0.4) is 0 Å². The number of urea groups is 1. The van der Waals surface area contributed by atoms with Crippen molar-refractivity contribution in [1.82, 2.24) is 9.80 Å². The van der Waals surface area contributed by atoms with Gasteiger partial charge in [0.25, 0.3) is 0 Å². The van der Waals surface area contributed by atoms with Crippen molar-refractivity contribution in [3.05, 3.63) is 12.7 Å². The molecule has 19 heavy (non-hydrogen) atoms. The van der Waals surface area contributed by atoms with Gasteiger partial charge in [0.15, 0.2) is 0 Å². The number of carboxylic acid groups (broad SMARTS) is 1. The summed E-state index contributed by atoms with van der Waals surface area (Å²) in [6, 6.07) is -1.34. The molecular weight excluding hydrogens is 248 g/mol. The van der Waals surface area contributed by atoms with Crippen LogP contribution >= 0.6 is 0 Å². The van der Waals surface area contributed by atoms with E-state index >= 15 is 0 Å². The highest BCUT2D eigenvalue weighted by atomic mass is 16.4. The quantitative estimate of drug-likeness (QED) is 0.747. The van der Waals surface area contributed by atoms with E-state index in [0.717, 1.165) is 0 Å². The van der Waals surface area contributed by atoms with Crippen molar-refractivity contribution in [3.8, 4) is 0 Å². The minimum absolute atomic E-state index is 0.0551. The van der Waals surface area contributed by atoms with E-state index in [4.69, 9.17) is 5.11 Å². The van der Waals surface area contributed by atoms with Gasteiger partial charge in [0.1, 0.15) is 6.04 Å². The molecule has 0 radical (unpaired) electrons. The van der Waals surface area contributed by atoms with Gasteiger partial charge < -0.3 is 20.0 Å². The van der Waals surface area contributed by atoms with Crippen LogP contribution in [0, 0.1) is 0 Å². The van der Waals surface area contributed by atoms with Crippen molar-refractivity contribution in [2.24, 2.45) is 0 Å². The van der Waals surface area contributed by atoms with Gasteiger partial charge in [-0.05, 0) is 20.8 Å². The molecule has 6 heteroatoms. The molecule has 2 N–H and O–H groups in total. The monoisotopic (exact) mass is 270 g/mol. The van der Waals surface area contributed by atoms with Crippen molar-refractivity contribution in [2.75, 3.05) is 13.1 Å². The Morgan fingerprint density at radius 2 is 2.05 bits per heavy atom. The van der Waals surface area contributed by atoms with Crippen molar-refractivity contribution in [3.63, 3.8) is 0 Å². The zero-order valence-corrected chi connectivity index (χ0v) is 11.7. The maximum atomic E-state index is 12.5. The summed E-state index contributed by atoms with van der Waals surface area (Å²) in [5.41, 5.74) is -0.443. The molecule has 1 fully saturated rings. The van der Waals surface area contributed by atoms with Gasteiger partial charge in [-0.3, -0.25) is 0 Å². The predicted molar refractivity (Wildman–Crippen MR) is 70.8 cm³/mol. The number of carbonyl (C=O) groups excluding carboxylic acids is 1. The summed E-state index contributed by atoms with van der Waals surface area (Å²) in [6.45, 7) is 9.62. The van der Waals surface area contributed by atoms with Gasteiger partial charge in [-0.15, -0.1) is 6.58 Å². The molecule has 6 nitrogen and oxygen atoms in total. The molecule has 0 aromatic heterocycles. The summed E-state index contributed by atoms with van der Waals surface area (Å²) in [5.74, 6) is -1.09. The second-order valence-corrected chi connectivity index (χ2v) is 5.75. The SMILES string of the molecule is C=CCN(C(=O)N1C[C@H](O)C[C@H]1C(=O)O)C(C)(C)C. The summed E-state index contributed by atoms with van der Waals surface area (Å²) in [5, 5.41) is 18.7. The fourth-order valence-corrected chi connectivity index (χ4v) is 2.18. The molecule has 1 heterocycles. The molecule has 2 atom stereocenters. The molecule has 1 aliphatic rings. The van der Waals surface area contributed by atoms with Crippen LogP contribution < -0.4 is 0 Å². The third-order valence-electron chi connectivity index (χ3n) is 3.16. The average Bonchev–Trinajstić information content (AvgIpc) is 2.66. The number of aliphatic carboxylic acids is 1. The Morgan fingerprint density at radius 3 is 2.47 bits per heavy atom. The van der Waals surface area contributed by atoms with E-state index in [1.54, 1.807) is 11.0 Å². The van der Waals surface area contributed by atoms with E-state index in [1.165, 1.54) is 4.90 Å². The number of aliphatic hydroxyl groups excluding tert-OH is 1. The Kier molecular flexibility index (Phi) is 4.57. The standard InChI is InChI=1S/C13H22N2O4/c1-5-6-15(13(2,3)4)12(19)14-8-9(16)7-10(14)11(17)18/h5,9-10,16H,1,6-8H2,2-4H3,(H,17,18)/t9-,10+/m1/s1. The van der Waals surface area contributed by atoms with Crippen LogP contribution in [0.25, 0.3) is 0 Å². The molecule has 0 aromatic carbocycles. The van der Waals surface area contributed by atoms with Crippen molar-refractivity contribution in [2.45, 2.75) is 44.9 Å². The van der Waals surface area contributed by atoms with Gasteiger partial charge in [0, 0.05) is 25.0 Å². The lowest BCUT2D eigenvalue weighted by Crippen LogP contribution is -2.54. The fourth-order valence-electron chi connectivity index (χ4n) is 2.18. The molecule has 2 amide bonds. The van der Waals surface area contributed by atoms with Gasteiger partial charge in [0.05, 0.1) is 6.10 Å². The molecule has 0 saturated carbocycles. The Labute approximate surface area is 113 Å². The van der Waals surface area contributed by atoms with E-state index in [1.807, 2.05) is 20.8 Å². The van der Waals surface area contributed by atoms with Crippen LogP contribution in [0.15, 0.2) is 12.7 Å².